The summed E-state index contributed by atoms with van der Waals surface area (Å²) < 4.78 is 10.5. The van der Waals surface area contributed by atoms with Crippen LogP contribution in [0.5, 0.6) is 5.75 Å². The average Bonchev–Trinajstić information content (AvgIpc) is 2.74. The third-order valence-electron chi connectivity index (χ3n) is 4.32. The molecule has 0 spiro atoms. The van der Waals surface area contributed by atoms with Gasteiger partial charge in [-0.1, -0.05) is 49.4 Å². The Bertz CT molecular complexity index is 801. The van der Waals surface area contributed by atoms with Crippen LogP contribution in [-0.2, 0) is 20.9 Å². The zero-order chi connectivity index (χ0) is 20.4. The van der Waals surface area contributed by atoms with E-state index in [9.17, 15) is 9.59 Å². The van der Waals surface area contributed by atoms with Gasteiger partial charge in [0.05, 0.1) is 13.0 Å². The number of carbonyl (C=O) groups excluding carboxylic acids is 2. The van der Waals surface area contributed by atoms with Gasteiger partial charge in [-0.05, 0) is 36.3 Å². The molecule has 148 valence electrons. The SMILES string of the molecule is CCN(CC(C)C(=O)OC)C(=O)/C=C/c1cccc(OCc2ccccc2)c1. The first kappa shape index (κ1) is 21.2. The minimum atomic E-state index is -0.364. The van der Waals surface area contributed by atoms with Gasteiger partial charge in [0.1, 0.15) is 12.4 Å². The van der Waals surface area contributed by atoms with E-state index in [1.165, 1.54) is 13.2 Å². The molecule has 0 saturated heterocycles. The fourth-order valence-electron chi connectivity index (χ4n) is 2.70. The van der Waals surface area contributed by atoms with E-state index in [0.29, 0.717) is 19.7 Å². The van der Waals surface area contributed by atoms with Gasteiger partial charge in [0, 0.05) is 19.2 Å². The molecule has 0 N–H and O–H groups in total. The van der Waals surface area contributed by atoms with Crippen LogP contribution in [0.15, 0.2) is 60.7 Å². The van der Waals surface area contributed by atoms with Gasteiger partial charge >= 0.3 is 5.97 Å². The number of ether oxygens (including phenoxy) is 2. The molecule has 5 nitrogen and oxygen atoms in total. The van der Waals surface area contributed by atoms with E-state index in [-0.39, 0.29) is 17.8 Å². The predicted molar refractivity (Wildman–Crippen MR) is 110 cm³/mol. The molecule has 2 aromatic rings. The molecule has 1 amide bonds. The van der Waals surface area contributed by atoms with E-state index in [1.54, 1.807) is 17.9 Å². The Morgan fingerprint density at radius 1 is 1.11 bits per heavy atom. The number of esters is 1. The van der Waals surface area contributed by atoms with Crippen molar-refractivity contribution in [2.45, 2.75) is 20.5 Å². The first-order valence-corrected chi connectivity index (χ1v) is 9.35. The molecule has 1 atom stereocenters. The second-order valence-corrected chi connectivity index (χ2v) is 6.48. The number of hydrogen-bond donors (Lipinski definition) is 0. The molecule has 1 unspecified atom stereocenters. The number of nitrogens with zero attached hydrogens (tertiary/aromatic N) is 1. The Balaban J connectivity index is 1.96. The number of rotatable bonds is 9. The number of likely N-dealkylation sites (N-methyl/N-ethyl adjacent to an activating group) is 1. The fourth-order valence-corrected chi connectivity index (χ4v) is 2.70. The molecular weight excluding hydrogens is 354 g/mol. The molecule has 0 aromatic heterocycles. The second-order valence-electron chi connectivity index (χ2n) is 6.48. The number of carbonyl (C=O) groups is 2. The maximum Gasteiger partial charge on any atom is 0.310 e. The molecule has 2 aromatic carbocycles. The third kappa shape index (κ3) is 6.58. The molecule has 5 heteroatoms. The Hall–Kier alpha value is -3.08. The van der Waals surface area contributed by atoms with Gasteiger partial charge in [0.25, 0.3) is 0 Å². The zero-order valence-corrected chi connectivity index (χ0v) is 16.6. The maximum absolute atomic E-state index is 12.4. The lowest BCUT2D eigenvalue weighted by atomic mass is 10.1. The highest BCUT2D eigenvalue weighted by Gasteiger charge is 2.19. The number of methoxy groups -OCH3 is 1. The van der Waals surface area contributed by atoms with Crippen LogP contribution in [0.2, 0.25) is 0 Å². The van der Waals surface area contributed by atoms with Crippen LogP contribution in [0.25, 0.3) is 6.08 Å². The van der Waals surface area contributed by atoms with Crippen molar-refractivity contribution < 1.29 is 19.1 Å². The molecule has 2 rings (SSSR count). The monoisotopic (exact) mass is 381 g/mol. The summed E-state index contributed by atoms with van der Waals surface area (Å²) in [6.07, 6.45) is 3.27. The van der Waals surface area contributed by atoms with Crippen LogP contribution in [0.3, 0.4) is 0 Å². The van der Waals surface area contributed by atoms with E-state index in [2.05, 4.69) is 0 Å². The summed E-state index contributed by atoms with van der Waals surface area (Å²) in [5.41, 5.74) is 1.97. The quantitative estimate of drug-likeness (QED) is 0.488. The molecule has 0 saturated carbocycles. The maximum atomic E-state index is 12.4. The van der Waals surface area contributed by atoms with E-state index < -0.39 is 0 Å². The predicted octanol–water partition coefficient (Wildman–Crippen LogP) is 3.94. The lowest BCUT2D eigenvalue weighted by molar-refractivity contribution is -0.146. The van der Waals surface area contributed by atoms with Gasteiger partial charge in [-0.2, -0.15) is 0 Å². The van der Waals surface area contributed by atoms with Gasteiger partial charge in [0.15, 0.2) is 0 Å². The highest BCUT2D eigenvalue weighted by atomic mass is 16.5. The number of benzene rings is 2. The van der Waals surface area contributed by atoms with Crippen LogP contribution in [0.1, 0.15) is 25.0 Å². The van der Waals surface area contributed by atoms with E-state index in [4.69, 9.17) is 9.47 Å². The normalized spacial score (nSPS) is 11.8. The third-order valence-corrected chi connectivity index (χ3v) is 4.32. The minimum absolute atomic E-state index is 0.145. The first-order chi connectivity index (χ1) is 13.5. The Kier molecular flexibility index (Phi) is 8.28. The molecular formula is C23H27NO4. The van der Waals surface area contributed by atoms with Crippen molar-refractivity contribution in [1.82, 2.24) is 4.90 Å². The van der Waals surface area contributed by atoms with E-state index in [1.807, 2.05) is 61.5 Å². The Morgan fingerprint density at radius 3 is 2.54 bits per heavy atom. The summed E-state index contributed by atoms with van der Waals surface area (Å²) in [7, 11) is 1.35. The van der Waals surface area contributed by atoms with Crippen molar-refractivity contribution in [3.05, 3.63) is 71.8 Å². The second kappa shape index (κ2) is 10.9. The molecule has 0 heterocycles. The zero-order valence-electron chi connectivity index (χ0n) is 16.6. The van der Waals surface area contributed by atoms with Gasteiger partial charge in [0.2, 0.25) is 5.91 Å². The molecule has 0 bridgehead atoms. The van der Waals surface area contributed by atoms with Crippen molar-refractivity contribution in [1.29, 1.82) is 0 Å². The summed E-state index contributed by atoms with van der Waals surface area (Å²) in [5, 5.41) is 0. The van der Waals surface area contributed by atoms with Gasteiger partial charge in [-0.3, -0.25) is 9.59 Å². The van der Waals surface area contributed by atoms with Crippen LogP contribution in [-0.4, -0.2) is 37.0 Å². The van der Waals surface area contributed by atoms with Gasteiger partial charge in [-0.15, -0.1) is 0 Å². The molecule has 0 radical (unpaired) electrons. The molecule has 28 heavy (non-hydrogen) atoms. The van der Waals surface area contributed by atoms with Crippen molar-refractivity contribution in [3.8, 4) is 5.75 Å². The van der Waals surface area contributed by atoms with Crippen LogP contribution < -0.4 is 4.74 Å². The molecule has 0 aliphatic heterocycles. The van der Waals surface area contributed by atoms with Crippen molar-refractivity contribution in [2.75, 3.05) is 20.2 Å². The van der Waals surface area contributed by atoms with Crippen molar-refractivity contribution in [3.63, 3.8) is 0 Å². The first-order valence-electron chi connectivity index (χ1n) is 9.35. The lowest BCUT2D eigenvalue weighted by Crippen LogP contribution is -2.36. The van der Waals surface area contributed by atoms with E-state index >= 15 is 0 Å². The smallest absolute Gasteiger partial charge is 0.310 e. The Morgan fingerprint density at radius 2 is 1.86 bits per heavy atom. The molecule has 0 fully saturated rings. The fraction of sp³-hybridized carbons (Fsp3) is 0.304. The van der Waals surface area contributed by atoms with Crippen molar-refractivity contribution >= 4 is 18.0 Å². The average molecular weight is 381 g/mol. The lowest BCUT2D eigenvalue weighted by Gasteiger charge is -2.22. The molecule has 0 aliphatic rings. The number of amides is 1. The summed E-state index contributed by atoms with van der Waals surface area (Å²) >= 11 is 0. The Labute approximate surface area is 166 Å². The van der Waals surface area contributed by atoms with E-state index in [0.717, 1.165) is 16.9 Å². The minimum Gasteiger partial charge on any atom is -0.489 e. The summed E-state index contributed by atoms with van der Waals surface area (Å²) in [5.74, 6) is -0.0884. The summed E-state index contributed by atoms with van der Waals surface area (Å²) in [4.78, 5) is 25.6. The van der Waals surface area contributed by atoms with Crippen LogP contribution >= 0.6 is 0 Å². The van der Waals surface area contributed by atoms with Crippen molar-refractivity contribution in [2.24, 2.45) is 5.92 Å². The standard InChI is InChI=1S/C23H27NO4/c1-4-24(16-18(2)23(26)27-3)22(25)14-13-19-11-8-12-21(15-19)28-17-20-9-6-5-7-10-20/h5-15,18H,4,16-17H2,1-3H3/b14-13+. The topological polar surface area (TPSA) is 55.8 Å². The van der Waals surface area contributed by atoms with Crippen LogP contribution in [0.4, 0.5) is 0 Å². The summed E-state index contributed by atoms with van der Waals surface area (Å²) in [6.45, 7) is 4.96. The highest BCUT2D eigenvalue weighted by molar-refractivity contribution is 5.92. The number of hydrogen-bond acceptors (Lipinski definition) is 4. The summed E-state index contributed by atoms with van der Waals surface area (Å²) in [6, 6.07) is 17.5. The highest BCUT2D eigenvalue weighted by Crippen LogP contribution is 2.16. The largest absolute Gasteiger partial charge is 0.489 e. The van der Waals surface area contributed by atoms with Gasteiger partial charge < -0.3 is 14.4 Å². The molecule has 0 aliphatic carbocycles. The van der Waals surface area contributed by atoms with Crippen LogP contribution in [0, 0.1) is 5.92 Å². The van der Waals surface area contributed by atoms with Gasteiger partial charge in [-0.25, -0.2) is 0 Å².